The van der Waals surface area contributed by atoms with Crippen molar-refractivity contribution >= 4 is 17.7 Å². The molecule has 19 heavy (non-hydrogen) atoms. The van der Waals surface area contributed by atoms with Gasteiger partial charge in [0.05, 0.1) is 12.2 Å². The second-order valence-corrected chi connectivity index (χ2v) is 5.47. The molecule has 1 unspecified atom stereocenters. The average molecular weight is 285 g/mol. The summed E-state index contributed by atoms with van der Waals surface area (Å²) in [6, 6.07) is 0.285. The summed E-state index contributed by atoms with van der Waals surface area (Å²) in [5.74, 6) is 6.48. The molecule has 0 aromatic carbocycles. The molecular weight excluding hydrogens is 266 g/mol. The molecule has 8 heteroatoms. The Labute approximate surface area is 116 Å². The monoisotopic (exact) mass is 285 g/mol. The number of nitrogens with one attached hydrogen (secondary N) is 1. The van der Waals surface area contributed by atoms with E-state index in [2.05, 4.69) is 20.4 Å². The van der Waals surface area contributed by atoms with E-state index < -0.39 is 0 Å². The highest BCUT2D eigenvalue weighted by Crippen LogP contribution is 2.23. The number of rotatable bonds is 6. The van der Waals surface area contributed by atoms with Crippen LogP contribution in [0.5, 0.6) is 6.01 Å². The molecule has 3 N–H and O–H groups in total. The van der Waals surface area contributed by atoms with E-state index in [9.17, 15) is 0 Å². The van der Waals surface area contributed by atoms with Crippen LogP contribution in [0, 0.1) is 0 Å². The number of ether oxygens (including phenoxy) is 2. The number of anilines is 1. The van der Waals surface area contributed by atoms with Crippen LogP contribution in [0.4, 0.5) is 5.95 Å². The topological polar surface area (TPSA) is 95.2 Å². The van der Waals surface area contributed by atoms with E-state index in [1.807, 2.05) is 13.8 Å². The van der Waals surface area contributed by atoms with E-state index in [-0.39, 0.29) is 18.2 Å². The van der Waals surface area contributed by atoms with Gasteiger partial charge in [-0.2, -0.15) is 15.0 Å². The predicted octanol–water partition coefficient (Wildman–Crippen LogP) is 1.22. The Hall–Kier alpha value is -1.12. The van der Waals surface area contributed by atoms with Crippen LogP contribution in [0.2, 0.25) is 0 Å². The zero-order valence-electron chi connectivity index (χ0n) is 11.1. The lowest BCUT2D eigenvalue weighted by molar-refractivity contribution is 0.129. The lowest BCUT2D eigenvalue weighted by Crippen LogP contribution is -2.15. The second-order valence-electron chi connectivity index (χ2n) is 4.48. The first kappa shape index (κ1) is 14.3. The molecule has 1 fully saturated rings. The fraction of sp³-hybridized carbons (Fsp3) is 0.727. The number of thioether (sulfide) groups is 1. The fourth-order valence-electron chi connectivity index (χ4n) is 1.67. The first-order valence-corrected chi connectivity index (χ1v) is 7.29. The maximum absolute atomic E-state index is 5.56. The molecule has 2 rings (SSSR count). The first-order chi connectivity index (χ1) is 9.17. The van der Waals surface area contributed by atoms with Crippen LogP contribution in [0.3, 0.4) is 0 Å². The molecule has 0 bridgehead atoms. The van der Waals surface area contributed by atoms with Gasteiger partial charge in [-0.3, -0.25) is 5.43 Å². The molecule has 2 heterocycles. The van der Waals surface area contributed by atoms with Crippen molar-refractivity contribution in [3.63, 3.8) is 0 Å². The Morgan fingerprint density at radius 1 is 1.47 bits per heavy atom. The molecule has 0 saturated carbocycles. The van der Waals surface area contributed by atoms with Gasteiger partial charge in [0.15, 0.2) is 5.16 Å². The van der Waals surface area contributed by atoms with Gasteiger partial charge in [-0.15, -0.1) is 0 Å². The summed E-state index contributed by atoms with van der Waals surface area (Å²) in [6.07, 6.45) is 2.50. The first-order valence-electron chi connectivity index (χ1n) is 6.31. The van der Waals surface area contributed by atoms with Gasteiger partial charge in [0, 0.05) is 12.4 Å². The summed E-state index contributed by atoms with van der Waals surface area (Å²) in [6.45, 7) is 4.68. The number of nitrogens with zero attached hydrogens (tertiary/aromatic N) is 3. The summed E-state index contributed by atoms with van der Waals surface area (Å²) in [5.41, 5.74) is 2.42. The number of hydrazine groups is 1. The maximum Gasteiger partial charge on any atom is 0.322 e. The molecule has 7 nitrogen and oxygen atoms in total. The third-order valence-electron chi connectivity index (χ3n) is 2.49. The van der Waals surface area contributed by atoms with Crippen molar-refractivity contribution in [2.45, 2.75) is 44.1 Å². The molecule has 1 aliphatic heterocycles. The van der Waals surface area contributed by atoms with E-state index >= 15 is 0 Å². The molecule has 1 aromatic rings. The van der Waals surface area contributed by atoms with Gasteiger partial charge in [0.2, 0.25) is 5.95 Å². The largest absolute Gasteiger partial charge is 0.461 e. The SMILES string of the molecule is CC(C)Oc1nc(NN)nc(SCC2CCCO2)n1. The highest BCUT2D eigenvalue weighted by atomic mass is 32.2. The summed E-state index contributed by atoms with van der Waals surface area (Å²) in [5, 5.41) is 0.592. The minimum atomic E-state index is 0.00374. The van der Waals surface area contributed by atoms with Crippen molar-refractivity contribution in [1.82, 2.24) is 15.0 Å². The molecule has 0 aliphatic carbocycles. The number of hydrogen-bond donors (Lipinski definition) is 2. The third kappa shape index (κ3) is 4.48. The lowest BCUT2D eigenvalue weighted by atomic mass is 10.3. The Morgan fingerprint density at radius 3 is 2.95 bits per heavy atom. The number of nitrogen functional groups attached to an aromatic ring is 1. The quantitative estimate of drug-likeness (QED) is 0.457. The molecular formula is C11H19N5O2S. The van der Waals surface area contributed by atoms with Crippen molar-refractivity contribution in [1.29, 1.82) is 0 Å². The Bertz CT molecular complexity index is 412. The van der Waals surface area contributed by atoms with Gasteiger partial charge in [-0.1, -0.05) is 11.8 Å². The van der Waals surface area contributed by atoms with Crippen LogP contribution >= 0.6 is 11.8 Å². The van der Waals surface area contributed by atoms with Gasteiger partial charge in [-0.25, -0.2) is 5.84 Å². The van der Waals surface area contributed by atoms with E-state index in [1.54, 1.807) is 0 Å². The molecule has 0 radical (unpaired) electrons. The van der Waals surface area contributed by atoms with Gasteiger partial charge in [0.25, 0.3) is 0 Å². The van der Waals surface area contributed by atoms with Gasteiger partial charge >= 0.3 is 6.01 Å². The van der Waals surface area contributed by atoms with Crippen molar-refractivity contribution in [3.05, 3.63) is 0 Å². The highest BCUT2D eigenvalue weighted by Gasteiger charge is 2.17. The fourth-order valence-corrected chi connectivity index (χ4v) is 2.57. The zero-order valence-corrected chi connectivity index (χ0v) is 11.9. The van der Waals surface area contributed by atoms with Gasteiger partial charge in [0.1, 0.15) is 0 Å². The minimum Gasteiger partial charge on any atom is -0.461 e. The maximum atomic E-state index is 5.56. The molecule has 1 aliphatic rings. The highest BCUT2D eigenvalue weighted by molar-refractivity contribution is 7.99. The van der Waals surface area contributed by atoms with E-state index in [1.165, 1.54) is 11.8 Å². The predicted molar refractivity (Wildman–Crippen MR) is 73.1 cm³/mol. The number of hydrogen-bond acceptors (Lipinski definition) is 8. The molecule has 1 saturated heterocycles. The number of nitrogens with two attached hydrogens (primary N) is 1. The summed E-state index contributed by atoms with van der Waals surface area (Å²) < 4.78 is 11.0. The van der Waals surface area contributed by atoms with Crippen LogP contribution in [-0.2, 0) is 4.74 Å². The van der Waals surface area contributed by atoms with Crippen LogP contribution in [-0.4, -0.2) is 39.5 Å². The summed E-state index contributed by atoms with van der Waals surface area (Å²) >= 11 is 1.53. The normalized spacial score (nSPS) is 18.8. The van der Waals surface area contributed by atoms with Crippen molar-refractivity contribution in [2.24, 2.45) is 5.84 Å². The number of aromatic nitrogens is 3. The third-order valence-corrected chi connectivity index (χ3v) is 3.47. The lowest BCUT2D eigenvalue weighted by Gasteiger charge is -2.11. The average Bonchev–Trinajstić information content (AvgIpc) is 2.88. The van der Waals surface area contributed by atoms with Crippen LogP contribution in [0.1, 0.15) is 26.7 Å². The molecule has 1 aromatic heterocycles. The Balaban J connectivity index is 2.00. The van der Waals surface area contributed by atoms with Gasteiger partial charge < -0.3 is 9.47 Å². The molecule has 0 amide bonds. The molecule has 1 atom stereocenters. The summed E-state index contributed by atoms with van der Waals surface area (Å²) in [7, 11) is 0. The Kier molecular flexibility index (Phi) is 5.17. The standard InChI is InChI=1S/C11H19N5O2S/c1-7(2)18-10-13-9(16-12)14-11(15-10)19-6-8-4-3-5-17-8/h7-8H,3-6,12H2,1-2H3,(H,13,14,15,16). The van der Waals surface area contributed by atoms with E-state index in [0.29, 0.717) is 11.1 Å². The zero-order chi connectivity index (χ0) is 13.7. The van der Waals surface area contributed by atoms with Gasteiger partial charge in [-0.05, 0) is 26.7 Å². The van der Waals surface area contributed by atoms with E-state index in [4.69, 9.17) is 15.3 Å². The smallest absolute Gasteiger partial charge is 0.322 e. The summed E-state index contributed by atoms with van der Waals surface area (Å²) in [4.78, 5) is 12.5. The van der Waals surface area contributed by atoms with Crippen LogP contribution < -0.4 is 16.0 Å². The van der Waals surface area contributed by atoms with Crippen molar-refractivity contribution in [3.8, 4) is 6.01 Å². The van der Waals surface area contributed by atoms with Crippen LogP contribution in [0.25, 0.3) is 0 Å². The minimum absolute atomic E-state index is 0.00374. The van der Waals surface area contributed by atoms with Crippen LogP contribution in [0.15, 0.2) is 5.16 Å². The molecule has 106 valence electrons. The van der Waals surface area contributed by atoms with E-state index in [0.717, 1.165) is 25.2 Å². The second kappa shape index (κ2) is 6.88. The molecule has 0 spiro atoms. The Morgan fingerprint density at radius 2 is 2.32 bits per heavy atom. The van der Waals surface area contributed by atoms with Crippen molar-refractivity contribution < 1.29 is 9.47 Å². The van der Waals surface area contributed by atoms with Crippen molar-refractivity contribution in [2.75, 3.05) is 17.8 Å².